The van der Waals surface area contributed by atoms with E-state index in [-0.39, 0.29) is 17.2 Å². The predicted molar refractivity (Wildman–Crippen MR) is 85.1 cm³/mol. The molecule has 10 heteroatoms. The molecule has 2 aliphatic carbocycles. The maximum absolute atomic E-state index is 13.2. The number of H-pyrrole nitrogens is 1. The molecule has 0 bridgehead atoms. The Bertz CT molecular complexity index is 745. The highest BCUT2D eigenvalue weighted by Gasteiger charge is 2.71. The van der Waals surface area contributed by atoms with Gasteiger partial charge in [0.2, 0.25) is 0 Å². The minimum atomic E-state index is -2.55. The first-order chi connectivity index (χ1) is 11.9. The van der Waals surface area contributed by atoms with Crippen LogP contribution in [0.1, 0.15) is 19.3 Å². The first-order valence-electron chi connectivity index (χ1n) is 8.19. The standard InChI is InChI=1S/C15H17ClF2N4O3/c16-12-11(5-19-21-13(12)23)22-2-1-8(6-22)25-14(24)20-7-3-9-10(4-7)15(9,17)18/h5,7-10H,1-4,6H2,(H,20,24)(H,21,23)/t7?,8-,9?,10?/m1/s1. The van der Waals surface area contributed by atoms with Gasteiger partial charge in [-0.25, -0.2) is 18.7 Å². The number of amides is 1. The molecule has 4 rings (SSSR count). The van der Waals surface area contributed by atoms with Crippen LogP contribution in [0.15, 0.2) is 11.0 Å². The molecule has 1 aromatic heterocycles. The van der Waals surface area contributed by atoms with E-state index in [9.17, 15) is 18.4 Å². The van der Waals surface area contributed by atoms with E-state index in [0.717, 1.165) is 0 Å². The van der Waals surface area contributed by atoms with Gasteiger partial charge in [-0.3, -0.25) is 4.79 Å². The summed E-state index contributed by atoms with van der Waals surface area (Å²) < 4.78 is 31.7. The third-order valence-corrected chi connectivity index (χ3v) is 5.67. The van der Waals surface area contributed by atoms with Crippen LogP contribution in [0.5, 0.6) is 0 Å². The number of nitrogens with one attached hydrogen (secondary N) is 2. The van der Waals surface area contributed by atoms with Crippen molar-refractivity contribution in [1.82, 2.24) is 15.5 Å². The summed E-state index contributed by atoms with van der Waals surface area (Å²) in [6.45, 7) is 0.967. The number of aromatic amines is 1. The largest absolute Gasteiger partial charge is 0.444 e. The van der Waals surface area contributed by atoms with E-state index < -0.39 is 29.4 Å². The normalized spacial score (nSPS) is 32.4. The number of ether oxygens (including phenoxy) is 1. The Morgan fingerprint density at radius 3 is 2.88 bits per heavy atom. The first kappa shape index (κ1) is 16.6. The van der Waals surface area contributed by atoms with Crippen LogP contribution in [0, 0.1) is 11.8 Å². The maximum Gasteiger partial charge on any atom is 0.407 e. The van der Waals surface area contributed by atoms with Crippen LogP contribution < -0.4 is 15.8 Å². The number of anilines is 1. The fourth-order valence-electron chi connectivity index (χ4n) is 3.92. The molecular formula is C15H17ClF2N4O3. The summed E-state index contributed by atoms with van der Waals surface area (Å²) in [5, 5.41) is 8.69. The molecule has 2 N–H and O–H groups in total. The van der Waals surface area contributed by atoms with Crippen molar-refractivity contribution < 1.29 is 18.3 Å². The zero-order chi connectivity index (χ0) is 17.8. The van der Waals surface area contributed by atoms with Crippen molar-refractivity contribution >= 4 is 23.4 Å². The topological polar surface area (TPSA) is 87.3 Å². The second-order valence-corrected chi connectivity index (χ2v) is 7.24. The summed E-state index contributed by atoms with van der Waals surface area (Å²) in [6.07, 6.45) is 1.71. The Morgan fingerprint density at radius 1 is 1.44 bits per heavy atom. The SMILES string of the molecule is O=C(NC1CC2C(C1)C2(F)F)O[C@@H]1CCN(c2cn[nH]c(=O)c2Cl)C1. The fraction of sp³-hybridized carbons (Fsp3) is 0.667. The fourth-order valence-corrected chi connectivity index (χ4v) is 4.13. The molecule has 25 heavy (non-hydrogen) atoms. The van der Waals surface area contributed by atoms with Gasteiger partial charge in [0.25, 0.3) is 11.5 Å². The van der Waals surface area contributed by atoms with Gasteiger partial charge in [-0.1, -0.05) is 11.6 Å². The third-order valence-electron chi connectivity index (χ3n) is 5.30. The molecular weight excluding hydrogens is 358 g/mol. The minimum Gasteiger partial charge on any atom is -0.444 e. The number of hydrogen-bond acceptors (Lipinski definition) is 5. The van der Waals surface area contributed by atoms with Crippen molar-refractivity contribution in [2.24, 2.45) is 11.8 Å². The van der Waals surface area contributed by atoms with E-state index in [0.29, 0.717) is 38.0 Å². The number of carbonyl (C=O) groups is 1. The molecule has 3 fully saturated rings. The Morgan fingerprint density at radius 2 is 2.16 bits per heavy atom. The van der Waals surface area contributed by atoms with Crippen LogP contribution in [-0.4, -0.2) is 47.4 Å². The molecule has 1 aromatic rings. The van der Waals surface area contributed by atoms with E-state index in [1.165, 1.54) is 6.20 Å². The lowest BCUT2D eigenvalue weighted by Gasteiger charge is -2.20. The van der Waals surface area contributed by atoms with E-state index in [4.69, 9.17) is 16.3 Å². The quantitative estimate of drug-likeness (QED) is 0.842. The molecule has 7 nitrogen and oxygen atoms in total. The summed E-state index contributed by atoms with van der Waals surface area (Å²) in [6, 6.07) is -0.244. The van der Waals surface area contributed by atoms with Gasteiger partial charge >= 0.3 is 6.09 Å². The van der Waals surface area contributed by atoms with Crippen molar-refractivity contribution in [2.75, 3.05) is 18.0 Å². The molecule has 3 aliphatic rings. The van der Waals surface area contributed by atoms with E-state index in [2.05, 4.69) is 15.5 Å². The zero-order valence-corrected chi connectivity index (χ0v) is 13.9. The van der Waals surface area contributed by atoms with Crippen molar-refractivity contribution in [3.8, 4) is 0 Å². The van der Waals surface area contributed by atoms with Gasteiger partial charge in [-0.05, 0) is 12.8 Å². The maximum atomic E-state index is 13.2. The van der Waals surface area contributed by atoms with E-state index in [1.807, 2.05) is 4.90 Å². The lowest BCUT2D eigenvalue weighted by atomic mass is 10.1. The Hall–Kier alpha value is -1.90. The number of alkyl halides is 2. The van der Waals surface area contributed by atoms with Gasteiger partial charge in [-0.2, -0.15) is 5.10 Å². The number of halogens is 3. The van der Waals surface area contributed by atoms with Crippen molar-refractivity contribution in [2.45, 2.75) is 37.3 Å². The van der Waals surface area contributed by atoms with E-state index >= 15 is 0 Å². The van der Waals surface area contributed by atoms with Gasteiger partial charge in [0.05, 0.1) is 18.4 Å². The van der Waals surface area contributed by atoms with Gasteiger partial charge in [0.15, 0.2) is 0 Å². The first-order valence-corrected chi connectivity index (χ1v) is 8.57. The Labute approximate surface area is 146 Å². The Kier molecular flexibility index (Phi) is 3.86. The van der Waals surface area contributed by atoms with Crippen LogP contribution in [0.25, 0.3) is 0 Å². The summed E-state index contributed by atoms with van der Waals surface area (Å²) in [4.78, 5) is 25.3. The van der Waals surface area contributed by atoms with Crippen molar-refractivity contribution in [3.05, 3.63) is 21.6 Å². The number of hydrogen-bond donors (Lipinski definition) is 2. The van der Waals surface area contributed by atoms with Crippen LogP contribution in [0.3, 0.4) is 0 Å². The molecule has 2 heterocycles. The van der Waals surface area contributed by atoms with Crippen LogP contribution in [0.4, 0.5) is 19.3 Å². The van der Waals surface area contributed by atoms with Gasteiger partial charge in [0.1, 0.15) is 11.1 Å². The van der Waals surface area contributed by atoms with Crippen molar-refractivity contribution in [1.29, 1.82) is 0 Å². The minimum absolute atomic E-state index is 0.0474. The molecule has 1 amide bonds. The number of alkyl carbamates (subject to hydrolysis) is 1. The highest BCUT2D eigenvalue weighted by Crippen LogP contribution is 2.63. The summed E-state index contributed by atoms with van der Waals surface area (Å²) in [5.74, 6) is -3.73. The van der Waals surface area contributed by atoms with Gasteiger partial charge in [0, 0.05) is 30.8 Å². The van der Waals surface area contributed by atoms with E-state index in [1.54, 1.807) is 0 Å². The number of nitrogens with zero attached hydrogens (tertiary/aromatic N) is 2. The zero-order valence-electron chi connectivity index (χ0n) is 13.2. The van der Waals surface area contributed by atoms with Gasteiger partial charge in [-0.15, -0.1) is 0 Å². The smallest absolute Gasteiger partial charge is 0.407 e. The molecule has 1 aliphatic heterocycles. The average molecular weight is 375 g/mol. The number of carbonyl (C=O) groups excluding carboxylic acids is 1. The third kappa shape index (κ3) is 2.94. The number of fused-ring (bicyclic) bond motifs is 1. The summed E-state index contributed by atoms with van der Waals surface area (Å²) in [5.41, 5.74) is 0.0212. The second kappa shape index (κ2) is 5.82. The highest BCUT2D eigenvalue weighted by molar-refractivity contribution is 6.33. The molecule has 3 atom stereocenters. The van der Waals surface area contributed by atoms with Crippen LogP contribution in [0.2, 0.25) is 5.02 Å². The Balaban J connectivity index is 1.28. The van der Waals surface area contributed by atoms with Crippen LogP contribution in [-0.2, 0) is 4.74 Å². The number of aromatic nitrogens is 2. The monoisotopic (exact) mass is 374 g/mol. The van der Waals surface area contributed by atoms with Crippen LogP contribution >= 0.6 is 11.6 Å². The average Bonchev–Trinajstić information content (AvgIpc) is 2.99. The molecule has 2 saturated carbocycles. The summed E-state index contributed by atoms with van der Waals surface area (Å²) in [7, 11) is 0. The predicted octanol–water partition coefficient (Wildman–Crippen LogP) is 1.77. The second-order valence-electron chi connectivity index (χ2n) is 6.86. The lowest BCUT2D eigenvalue weighted by Crippen LogP contribution is -2.38. The lowest BCUT2D eigenvalue weighted by molar-refractivity contribution is 0.0637. The summed E-state index contributed by atoms with van der Waals surface area (Å²) >= 11 is 5.97. The number of rotatable bonds is 3. The molecule has 0 radical (unpaired) electrons. The molecule has 1 saturated heterocycles. The molecule has 2 unspecified atom stereocenters. The van der Waals surface area contributed by atoms with Gasteiger partial charge < -0.3 is 15.0 Å². The highest BCUT2D eigenvalue weighted by atomic mass is 35.5. The molecule has 136 valence electrons. The molecule has 0 spiro atoms. The molecule has 0 aromatic carbocycles. The van der Waals surface area contributed by atoms with Crippen molar-refractivity contribution in [3.63, 3.8) is 0 Å².